The van der Waals surface area contributed by atoms with E-state index in [1.54, 1.807) is 0 Å². The van der Waals surface area contributed by atoms with Crippen LogP contribution in [0.4, 0.5) is 0 Å². The molecule has 0 amide bonds. The quantitative estimate of drug-likeness (QED) is 0.661. The molecule has 1 unspecified atom stereocenters. The number of nitrogens with two attached hydrogens (primary N) is 1. The van der Waals surface area contributed by atoms with Gasteiger partial charge in [-0.15, -0.1) is 0 Å². The Hall–Kier alpha value is -0.120. The molecule has 0 fully saturated rings. The first-order valence-electron chi connectivity index (χ1n) is 5.02. The number of hydrogen-bond donors (Lipinski definition) is 1. The molecule has 1 atom stereocenters. The van der Waals surface area contributed by atoms with E-state index in [0.29, 0.717) is 0 Å². The van der Waals surface area contributed by atoms with Gasteiger partial charge in [0.25, 0.3) is 0 Å². The van der Waals surface area contributed by atoms with Crippen LogP contribution in [-0.2, 0) is 0 Å². The monoisotopic (exact) mass is 187 g/mol. The Bertz CT molecular complexity index is 130. The van der Waals surface area contributed by atoms with Crippen LogP contribution in [0.3, 0.4) is 0 Å². The van der Waals surface area contributed by atoms with Crippen LogP contribution in [0, 0.1) is 0 Å². The summed E-state index contributed by atoms with van der Waals surface area (Å²) in [5, 5.41) is 0. The van der Waals surface area contributed by atoms with E-state index in [-0.39, 0.29) is 5.54 Å². The molecule has 0 bridgehead atoms. The van der Waals surface area contributed by atoms with Crippen LogP contribution in [0.15, 0.2) is 0 Å². The molecule has 0 spiro atoms. The van der Waals surface area contributed by atoms with Crippen molar-refractivity contribution in [2.45, 2.75) is 25.8 Å². The molecular weight excluding hydrogens is 162 g/mol. The second kappa shape index (κ2) is 5.58. The molecule has 3 heteroatoms. The lowest BCUT2D eigenvalue weighted by molar-refractivity contribution is 0.129. The zero-order valence-electron chi connectivity index (χ0n) is 9.80. The van der Waals surface area contributed by atoms with Crippen molar-refractivity contribution in [3.05, 3.63) is 0 Å². The molecule has 0 rings (SSSR count). The minimum absolute atomic E-state index is 0.163. The molecule has 0 heterocycles. The van der Waals surface area contributed by atoms with E-state index in [1.165, 1.54) is 0 Å². The number of hydrogen-bond acceptors (Lipinski definition) is 3. The first kappa shape index (κ1) is 12.9. The third-order valence-corrected chi connectivity index (χ3v) is 3.01. The zero-order chi connectivity index (χ0) is 10.5. The van der Waals surface area contributed by atoms with Crippen molar-refractivity contribution in [2.24, 2.45) is 5.73 Å². The average Bonchev–Trinajstić information content (AvgIpc) is 2.12. The molecule has 0 aliphatic heterocycles. The van der Waals surface area contributed by atoms with E-state index in [4.69, 9.17) is 5.73 Å². The van der Waals surface area contributed by atoms with E-state index < -0.39 is 0 Å². The minimum atomic E-state index is 0.163. The molecular formula is C10H25N3. The SMILES string of the molecule is CCC(C)(CN)N(C)CCN(C)C. The fourth-order valence-electron chi connectivity index (χ4n) is 1.19. The highest BCUT2D eigenvalue weighted by atomic mass is 15.2. The van der Waals surface area contributed by atoms with E-state index in [0.717, 1.165) is 26.1 Å². The summed E-state index contributed by atoms with van der Waals surface area (Å²) >= 11 is 0. The molecule has 0 radical (unpaired) electrons. The van der Waals surface area contributed by atoms with Gasteiger partial charge in [-0.1, -0.05) is 6.92 Å². The van der Waals surface area contributed by atoms with Gasteiger partial charge in [0.05, 0.1) is 0 Å². The van der Waals surface area contributed by atoms with Gasteiger partial charge in [0, 0.05) is 25.2 Å². The third-order valence-electron chi connectivity index (χ3n) is 3.01. The predicted molar refractivity (Wildman–Crippen MR) is 58.9 cm³/mol. The number of nitrogens with zero attached hydrogens (tertiary/aromatic N) is 2. The van der Waals surface area contributed by atoms with Crippen LogP contribution in [-0.4, -0.2) is 56.1 Å². The van der Waals surface area contributed by atoms with Gasteiger partial charge in [-0.05, 0) is 34.5 Å². The van der Waals surface area contributed by atoms with Crippen molar-refractivity contribution in [1.82, 2.24) is 9.80 Å². The first-order chi connectivity index (χ1) is 5.96. The summed E-state index contributed by atoms with van der Waals surface area (Å²) < 4.78 is 0. The number of likely N-dealkylation sites (N-methyl/N-ethyl adjacent to an activating group) is 2. The van der Waals surface area contributed by atoms with Gasteiger partial charge in [-0.2, -0.15) is 0 Å². The molecule has 0 aromatic carbocycles. The Labute approximate surface area is 82.9 Å². The van der Waals surface area contributed by atoms with E-state index in [2.05, 4.69) is 44.8 Å². The maximum absolute atomic E-state index is 5.77. The van der Waals surface area contributed by atoms with E-state index >= 15 is 0 Å². The van der Waals surface area contributed by atoms with Gasteiger partial charge in [0.15, 0.2) is 0 Å². The molecule has 80 valence electrons. The Morgan fingerprint density at radius 3 is 2.00 bits per heavy atom. The van der Waals surface area contributed by atoms with Gasteiger partial charge < -0.3 is 10.6 Å². The summed E-state index contributed by atoms with van der Waals surface area (Å²) in [4.78, 5) is 4.55. The van der Waals surface area contributed by atoms with Crippen LogP contribution < -0.4 is 5.73 Å². The second-order valence-electron chi connectivity index (χ2n) is 4.28. The summed E-state index contributed by atoms with van der Waals surface area (Å²) in [5.41, 5.74) is 5.93. The molecule has 0 saturated carbocycles. The van der Waals surface area contributed by atoms with Gasteiger partial charge in [-0.3, -0.25) is 4.90 Å². The fraction of sp³-hybridized carbons (Fsp3) is 1.00. The second-order valence-corrected chi connectivity index (χ2v) is 4.28. The van der Waals surface area contributed by atoms with Crippen molar-refractivity contribution in [3.8, 4) is 0 Å². The lowest BCUT2D eigenvalue weighted by Gasteiger charge is -2.37. The highest BCUT2D eigenvalue weighted by Crippen LogP contribution is 2.15. The lowest BCUT2D eigenvalue weighted by atomic mass is 9.97. The topological polar surface area (TPSA) is 32.5 Å². The van der Waals surface area contributed by atoms with Gasteiger partial charge >= 0.3 is 0 Å². The standard InChI is InChI=1S/C10H25N3/c1-6-10(2,9-11)13(5)8-7-12(3)4/h6-9,11H2,1-5H3. The summed E-state index contributed by atoms with van der Waals surface area (Å²) in [6, 6.07) is 0. The number of rotatable bonds is 6. The van der Waals surface area contributed by atoms with Crippen molar-refractivity contribution in [2.75, 3.05) is 40.8 Å². The molecule has 0 saturated heterocycles. The minimum Gasteiger partial charge on any atom is -0.329 e. The molecule has 0 aromatic rings. The zero-order valence-corrected chi connectivity index (χ0v) is 9.80. The molecule has 0 aliphatic carbocycles. The van der Waals surface area contributed by atoms with Gasteiger partial charge in [0.1, 0.15) is 0 Å². The Balaban J connectivity index is 3.99. The van der Waals surface area contributed by atoms with Crippen molar-refractivity contribution in [3.63, 3.8) is 0 Å². The average molecular weight is 187 g/mol. The van der Waals surface area contributed by atoms with Gasteiger partial charge in [-0.25, -0.2) is 0 Å². The highest BCUT2D eigenvalue weighted by molar-refractivity contribution is 4.84. The normalized spacial score (nSPS) is 16.6. The van der Waals surface area contributed by atoms with Crippen LogP contribution >= 0.6 is 0 Å². The van der Waals surface area contributed by atoms with Gasteiger partial charge in [0.2, 0.25) is 0 Å². The summed E-state index contributed by atoms with van der Waals surface area (Å²) in [6.07, 6.45) is 1.10. The van der Waals surface area contributed by atoms with Crippen molar-refractivity contribution >= 4 is 0 Å². The Kier molecular flexibility index (Phi) is 5.53. The smallest absolute Gasteiger partial charge is 0.0298 e. The third kappa shape index (κ3) is 4.07. The van der Waals surface area contributed by atoms with Crippen LogP contribution in [0.5, 0.6) is 0 Å². The Morgan fingerprint density at radius 2 is 1.69 bits per heavy atom. The summed E-state index contributed by atoms with van der Waals surface area (Å²) in [5.74, 6) is 0. The van der Waals surface area contributed by atoms with Crippen LogP contribution in [0.1, 0.15) is 20.3 Å². The lowest BCUT2D eigenvalue weighted by Crippen LogP contribution is -2.50. The molecule has 13 heavy (non-hydrogen) atoms. The predicted octanol–water partition coefficient (Wildman–Crippen LogP) is 0.607. The van der Waals surface area contributed by atoms with E-state index in [1.807, 2.05) is 0 Å². The highest BCUT2D eigenvalue weighted by Gasteiger charge is 2.24. The Morgan fingerprint density at radius 1 is 1.15 bits per heavy atom. The molecule has 0 aliphatic rings. The molecule has 3 nitrogen and oxygen atoms in total. The van der Waals surface area contributed by atoms with Crippen LogP contribution in [0.2, 0.25) is 0 Å². The molecule has 2 N–H and O–H groups in total. The first-order valence-corrected chi connectivity index (χ1v) is 5.02. The maximum Gasteiger partial charge on any atom is 0.0298 e. The van der Waals surface area contributed by atoms with Crippen LogP contribution in [0.25, 0.3) is 0 Å². The fourth-order valence-corrected chi connectivity index (χ4v) is 1.19. The largest absolute Gasteiger partial charge is 0.329 e. The summed E-state index contributed by atoms with van der Waals surface area (Å²) in [7, 11) is 6.35. The summed E-state index contributed by atoms with van der Waals surface area (Å²) in [6.45, 7) is 7.32. The van der Waals surface area contributed by atoms with Crippen molar-refractivity contribution in [1.29, 1.82) is 0 Å². The van der Waals surface area contributed by atoms with E-state index in [9.17, 15) is 0 Å². The molecule has 0 aromatic heterocycles. The maximum atomic E-state index is 5.77. The van der Waals surface area contributed by atoms with Crippen molar-refractivity contribution < 1.29 is 0 Å².